The first-order valence-electron chi connectivity index (χ1n) is 9.93. The SMILES string of the molecule is COC(=O)C[C@@H](c1ccc([N+](=O)[O-])cc1)[C@H](NC(=O)[C@@H](O)c1ccc(C(F)(F)F)cc1)C(=O)OC. The minimum atomic E-state index is -4.62. The average molecular weight is 498 g/mol. The molecule has 10 nitrogen and oxygen atoms in total. The van der Waals surface area contributed by atoms with Crippen molar-refractivity contribution in [2.75, 3.05) is 14.2 Å². The number of hydrogen-bond donors (Lipinski definition) is 2. The highest BCUT2D eigenvalue weighted by atomic mass is 19.4. The highest BCUT2D eigenvalue weighted by molar-refractivity contribution is 5.88. The summed E-state index contributed by atoms with van der Waals surface area (Å²) >= 11 is 0. The summed E-state index contributed by atoms with van der Waals surface area (Å²) in [6.45, 7) is 0. The van der Waals surface area contributed by atoms with Gasteiger partial charge in [-0.2, -0.15) is 13.2 Å². The fraction of sp³-hybridized carbons (Fsp3) is 0.318. The molecule has 0 unspecified atom stereocenters. The number of nitro groups is 1. The normalized spacial score (nSPS) is 13.8. The van der Waals surface area contributed by atoms with Gasteiger partial charge in [0.1, 0.15) is 6.04 Å². The van der Waals surface area contributed by atoms with Crippen LogP contribution in [0.25, 0.3) is 0 Å². The number of methoxy groups -OCH3 is 2. The maximum atomic E-state index is 12.8. The Hall–Kier alpha value is -4.00. The van der Waals surface area contributed by atoms with Gasteiger partial charge >= 0.3 is 18.1 Å². The third kappa shape index (κ3) is 6.99. The third-order valence-corrected chi connectivity index (χ3v) is 5.10. The van der Waals surface area contributed by atoms with Gasteiger partial charge in [-0.1, -0.05) is 24.3 Å². The molecule has 0 aliphatic rings. The molecule has 13 heteroatoms. The Kier molecular flexibility index (Phi) is 8.89. The molecule has 0 fully saturated rings. The molecule has 188 valence electrons. The van der Waals surface area contributed by atoms with Crippen molar-refractivity contribution >= 4 is 23.5 Å². The van der Waals surface area contributed by atoms with Crippen molar-refractivity contribution < 1.29 is 47.1 Å². The summed E-state index contributed by atoms with van der Waals surface area (Å²) in [6, 6.07) is 6.43. The minimum Gasteiger partial charge on any atom is -0.469 e. The van der Waals surface area contributed by atoms with Crippen LogP contribution in [0.2, 0.25) is 0 Å². The Morgan fingerprint density at radius 2 is 1.54 bits per heavy atom. The zero-order valence-electron chi connectivity index (χ0n) is 18.4. The number of carbonyl (C=O) groups excluding carboxylic acids is 3. The van der Waals surface area contributed by atoms with E-state index in [2.05, 4.69) is 10.1 Å². The van der Waals surface area contributed by atoms with E-state index in [1.165, 1.54) is 12.1 Å². The van der Waals surface area contributed by atoms with E-state index in [-0.39, 0.29) is 16.8 Å². The number of halogens is 3. The fourth-order valence-electron chi connectivity index (χ4n) is 3.22. The van der Waals surface area contributed by atoms with Gasteiger partial charge in [-0.15, -0.1) is 0 Å². The topological polar surface area (TPSA) is 145 Å². The fourth-order valence-corrected chi connectivity index (χ4v) is 3.22. The Morgan fingerprint density at radius 1 is 1.00 bits per heavy atom. The van der Waals surface area contributed by atoms with Crippen LogP contribution in [0, 0.1) is 10.1 Å². The Balaban J connectivity index is 2.36. The van der Waals surface area contributed by atoms with Crippen LogP contribution in [0.4, 0.5) is 18.9 Å². The van der Waals surface area contributed by atoms with Crippen LogP contribution in [-0.2, 0) is 30.0 Å². The van der Waals surface area contributed by atoms with Gasteiger partial charge in [0, 0.05) is 18.1 Å². The molecule has 0 aromatic heterocycles. The first-order valence-corrected chi connectivity index (χ1v) is 9.93. The van der Waals surface area contributed by atoms with E-state index in [0.29, 0.717) is 12.1 Å². The van der Waals surface area contributed by atoms with Crippen molar-refractivity contribution in [3.05, 3.63) is 75.3 Å². The molecule has 0 bridgehead atoms. The van der Waals surface area contributed by atoms with Crippen molar-refractivity contribution in [1.82, 2.24) is 5.32 Å². The molecular formula is C22H21F3N2O8. The van der Waals surface area contributed by atoms with Gasteiger partial charge in [0.15, 0.2) is 6.10 Å². The lowest BCUT2D eigenvalue weighted by Gasteiger charge is -2.27. The number of amides is 1. The Morgan fingerprint density at radius 3 is 2.00 bits per heavy atom. The lowest BCUT2D eigenvalue weighted by molar-refractivity contribution is -0.384. The van der Waals surface area contributed by atoms with E-state index >= 15 is 0 Å². The summed E-state index contributed by atoms with van der Waals surface area (Å²) in [5.41, 5.74) is -1.20. The molecule has 0 aliphatic carbocycles. The molecule has 3 atom stereocenters. The van der Waals surface area contributed by atoms with Gasteiger partial charge in [0.2, 0.25) is 0 Å². The third-order valence-electron chi connectivity index (χ3n) is 5.10. The van der Waals surface area contributed by atoms with Gasteiger partial charge in [-0.05, 0) is 23.3 Å². The van der Waals surface area contributed by atoms with Crippen molar-refractivity contribution in [2.24, 2.45) is 0 Å². The molecule has 35 heavy (non-hydrogen) atoms. The van der Waals surface area contributed by atoms with Crippen molar-refractivity contribution in [3.63, 3.8) is 0 Å². The van der Waals surface area contributed by atoms with Gasteiger partial charge in [0.25, 0.3) is 11.6 Å². The number of rotatable bonds is 9. The van der Waals surface area contributed by atoms with Crippen molar-refractivity contribution in [1.29, 1.82) is 0 Å². The number of benzene rings is 2. The average Bonchev–Trinajstić information content (AvgIpc) is 2.84. The van der Waals surface area contributed by atoms with Gasteiger partial charge in [0.05, 0.1) is 31.1 Å². The number of non-ortho nitro benzene ring substituents is 1. The number of alkyl halides is 3. The number of ether oxygens (including phenoxy) is 2. The summed E-state index contributed by atoms with van der Waals surface area (Å²) in [6.07, 6.45) is -7.03. The number of nitrogens with one attached hydrogen (secondary N) is 1. The maximum absolute atomic E-state index is 12.8. The number of esters is 2. The van der Waals surface area contributed by atoms with Gasteiger partial charge < -0.3 is 19.9 Å². The minimum absolute atomic E-state index is 0.182. The summed E-state index contributed by atoms with van der Waals surface area (Å²) < 4.78 is 47.6. The summed E-state index contributed by atoms with van der Waals surface area (Å²) in [7, 11) is 2.11. The van der Waals surface area contributed by atoms with Gasteiger partial charge in [-0.25, -0.2) is 4.79 Å². The second-order valence-electron chi connectivity index (χ2n) is 7.27. The molecule has 0 saturated heterocycles. The highest BCUT2D eigenvalue weighted by Gasteiger charge is 2.36. The molecule has 0 radical (unpaired) electrons. The molecular weight excluding hydrogens is 477 g/mol. The molecule has 0 heterocycles. The molecule has 1 amide bonds. The van der Waals surface area contributed by atoms with E-state index in [0.717, 1.165) is 38.5 Å². The van der Waals surface area contributed by atoms with E-state index < -0.39 is 59.0 Å². The van der Waals surface area contributed by atoms with Crippen molar-refractivity contribution in [3.8, 4) is 0 Å². The Labute approximate surface area is 196 Å². The number of hydrogen-bond acceptors (Lipinski definition) is 8. The lowest BCUT2D eigenvalue weighted by atomic mass is 9.88. The highest BCUT2D eigenvalue weighted by Crippen LogP contribution is 2.31. The standard InChI is InChI=1S/C22H21F3N2O8/c1-34-17(28)11-16(12-5-9-15(10-6-12)27(32)33)18(21(31)35-2)26-20(30)19(29)13-3-7-14(8-4-13)22(23,24)25/h3-10,16,18-19,29H,11H2,1-2H3,(H,26,30)/t16-,18-,19-/m0/s1. The second kappa shape index (κ2) is 11.4. The van der Waals surface area contributed by atoms with E-state index in [9.17, 15) is 42.8 Å². The molecule has 0 saturated carbocycles. The zero-order chi connectivity index (χ0) is 26.3. The molecule has 2 N–H and O–H groups in total. The van der Waals surface area contributed by atoms with E-state index in [1.807, 2.05) is 0 Å². The number of nitrogens with zero attached hydrogens (tertiary/aromatic N) is 1. The first kappa shape index (κ1) is 27.2. The molecule has 2 aromatic rings. The molecule has 2 aromatic carbocycles. The Bertz CT molecular complexity index is 1070. The van der Waals surface area contributed by atoms with Crippen LogP contribution >= 0.6 is 0 Å². The number of aliphatic hydroxyl groups is 1. The van der Waals surface area contributed by atoms with Crippen LogP contribution in [0.15, 0.2) is 48.5 Å². The van der Waals surface area contributed by atoms with E-state index in [4.69, 9.17) is 4.74 Å². The van der Waals surface area contributed by atoms with Crippen LogP contribution in [-0.4, -0.2) is 48.1 Å². The zero-order valence-corrected chi connectivity index (χ0v) is 18.4. The second-order valence-corrected chi connectivity index (χ2v) is 7.27. The van der Waals surface area contributed by atoms with E-state index in [1.54, 1.807) is 0 Å². The summed E-state index contributed by atoms with van der Waals surface area (Å²) in [4.78, 5) is 47.5. The monoisotopic (exact) mass is 498 g/mol. The summed E-state index contributed by atoms with van der Waals surface area (Å²) in [5, 5.41) is 23.5. The molecule has 2 rings (SSSR count). The summed E-state index contributed by atoms with van der Waals surface area (Å²) in [5.74, 6) is -4.07. The van der Waals surface area contributed by atoms with Crippen molar-refractivity contribution in [2.45, 2.75) is 30.7 Å². The number of aliphatic hydroxyl groups excluding tert-OH is 1. The van der Waals surface area contributed by atoms with Crippen LogP contribution < -0.4 is 5.32 Å². The first-order chi connectivity index (χ1) is 16.4. The molecule has 0 aliphatic heterocycles. The predicted molar refractivity (Wildman–Crippen MR) is 113 cm³/mol. The largest absolute Gasteiger partial charge is 0.469 e. The lowest BCUT2D eigenvalue weighted by Crippen LogP contribution is -2.47. The predicted octanol–water partition coefficient (Wildman–Crippen LogP) is 2.65. The van der Waals surface area contributed by atoms with Gasteiger partial charge in [-0.3, -0.25) is 19.7 Å². The quantitative estimate of drug-likeness (QED) is 0.305. The molecule has 0 spiro atoms. The smallest absolute Gasteiger partial charge is 0.416 e. The maximum Gasteiger partial charge on any atom is 0.416 e. The number of nitro benzene ring substituents is 1. The van der Waals surface area contributed by atoms with Crippen LogP contribution in [0.3, 0.4) is 0 Å². The van der Waals surface area contributed by atoms with Crippen LogP contribution in [0.1, 0.15) is 35.1 Å². The number of carbonyl (C=O) groups is 3. The van der Waals surface area contributed by atoms with Crippen LogP contribution in [0.5, 0.6) is 0 Å².